The molecule has 31 heavy (non-hydrogen) atoms. The minimum absolute atomic E-state index is 0.337. The number of aromatic nitrogens is 3. The number of hydrogen-bond donors (Lipinski definition) is 2. The molecule has 1 aliphatic rings. The highest BCUT2D eigenvalue weighted by Gasteiger charge is 2.34. The summed E-state index contributed by atoms with van der Waals surface area (Å²) in [5, 5.41) is 10.3. The summed E-state index contributed by atoms with van der Waals surface area (Å²) in [6.07, 6.45) is 1.43. The summed E-state index contributed by atoms with van der Waals surface area (Å²) in [6.45, 7) is 4.20. The molecule has 1 atom stereocenters. The quantitative estimate of drug-likeness (QED) is 0.628. The summed E-state index contributed by atoms with van der Waals surface area (Å²) in [5.74, 6) is 0.971. The van der Waals surface area contributed by atoms with E-state index >= 15 is 0 Å². The highest BCUT2D eigenvalue weighted by Crippen LogP contribution is 2.38. The highest BCUT2D eigenvalue weighted by molar-refractivity contribution is 6.06. The molecule has 0 spiro atoms. The molecule has 0 saturated carbocycles. The molecular formula is C22H22FN5O3. The van der Waals surface area contributed by atoms with Gasteiger partial charge in [0.05, 0.1) is 19.3 Å². The number of nitrogens with one attached hydrogen (secondary N) is 2. The Bertz CT molecular complexity index is 1140. The number of halogens is 1. The monoisotopic (exact) mass is 423 g/mol. The third-order valence-corrected chi connectivity index (χ3v) is 4.94. The van der Waals surface area contributed by atoms with E-state index < -0.39 is 6.04 Å². The Labute approximate surface area is 178 Å². The molecule has 0 aliphatic carbocycles. The van der Waals surface area contributed by atoms with Crippen LogP contribution in [0.2, 0.25) is 0 Å². The Morgan fingerprint density at radius 3 is 2.71 bits per heavy atom. The van der Waals surface area contributed by atoms with Crippen LogP contribution in [0.4, 0.5) is 16.0 Å². The minimum atomic E-state index is -0.552. The molecule has 160 valence electrons. The lowest BCUT2D eigenvalue weighted by Crippen LogP contribution is -2.31. The molecule has 1 aliphatic heterocycles. The topological polar surface area (TPSA) is 90.3 Å². The van der Waals surface area contributed by atoms with Gasteiger partial charge in [0.1, 0.15) is 18.2 Å². The summed E-state index contributed by atoms with van der Waals surface area (Å²) < 4.78 is 26.0. The van der Waals surface area contributed by atoms with Crippen molar-refractivity contribution >= 4 is 17.5 Å². The molecule has 9 heteroatoms. The molecule has 0 unspecified atom stereocenters. The number of fused-ring (bicyclic) bond motifs is 1. The van der Waals surface area contributed by atoms with Gasteiger partial charge in [-0.15, -0.1) is 0 Å². The zero-order valence-electron chi connectivity index (χ0n) is 17.3. The van der Waals surface area contributed by atoms with E-state index in [1.54, 1.807) is 24.8 Å². The van der Waals surface area contributed by atoms with Gasteiger partial charge in [0.2, 0.25) is 5.95 Å². The van der Waals surface area contributed by atoms with Crippen molar-refractivity contribution in [2.45, 2.75) is 19.9 Å². The number of carbonyl (C=O) groups is 1. The Hall–Kier alpha value is -3.88. The summed E-state index contributed by atoms with van der Waals surface area (Å²) in [4.78, 5) is 17.5. The molecule has 0 fully saturated rings. The van der Waals surface area contributed by atoms with E-state index in [1.165, 1.54) is 30.6 Å². The van der Waals surface area contributed by atoms with Gasteiger partial charge in [0.15, 0.2) is 11.5 Å². The second-order valence-corrected chi connectivity index (χ2v) is 6.90. The van der Waals surface area contributed by atoms with E-state index in [9.17, 15) is 9.18 Å². The van der Waals surface area contributed by atoms with Crippen LogP contribution in [0.1, 0.15) is 25.5 Å². The predicted octanol–water partition coefficient (Wildman–Crippen LogP) is 3.75. The molecule has 0 radical (unpaired) electrons. The van der Waals surface area contributed by atoms with Crippen LogP contribution in [0, 0.1) is 5.82 Å². The second-order valence-electron chi connectivity index (χ2n) is 6.90. The number of ether oxygens (including phenoxy) is 2. The molecule has 0 saturated heterocycles. The van der Waals surface area contributed by atoms with Crippen molar-refractivity contribution in [1.29, 1.82) is 0 Å². The van der Waals surface area contributed by atoms with Gasteiger partial charge in [0.25, 0.3) is 5.91 Å². The van der Waals surface area contributed by atoms with Gasteiger partial charge in [-0.2, -0.15) is 10.1 Å². The lowest BCUT2D eigenvalue weighted by Gasteiger charge is -2.29. The maximum atomic E-state index is 13.3. The van der Waals surface area contributed by atoms with Crippen molar-refractivity contribution in [3.8, 4) is 11.5 Å². The number of methoxy groups -OCH3 is 1. The van der Waals surface area contributed by atoms with Gasteiger partial charge in [-0.1, -0.05) is 6.07 Å². The molecule has 4 rings (SSSR count). The van der Waals surface area contributed by atoms with Crippen LogP contribution in [0.15, 0.2) is 60.1 Å². The van der Waals surface area contributed by atoms with E-state index in [1.807, 2.05) is 19.1 Å². The standard InChI is InChI=1S/C22H22FN5O3/c1-4-31-17-10-5-14(11-18(17)30-3)20-19(13(2)26-22-24-12-25-28(20)22)21(29)27-16-8-6-15(23)7-9-16/h5-12,20H,4H2,1-3H3,(H,27,29)(H,24,25,26)/t20-/m1/s1. The Balaban J connectivity index is 1.76. The maximum absolute atomic E-state index is 13.3. The lowest BCUT2D eigenvalue weighted by molar-refractivity contribution is -0.113. The zero-order valence-corrected chi connectivity index (χ0v) is 17.3. The molecule has 2 N–H and O–H groups in total. The van der Waals surface area contributed by atoms with Crippen molar-refractivity contribution in [3.05, 3.63) is 71.4 Å². The average molecular weight is 423 g/mol. The van der Waals surface area contributed by atoms with Crippen molar-refractivity contribution in [1.82, 2.24) is 14.8 Å². The van der Waals surface area contributed by atoms with Crippen LogP contribution < -0.4 is 20.1 Å². The first-order valence-electron chi connectivity index (χ1n) is 9.76. The third-order valence-electron chi connectivity index (χ3n) is 4.94. The zero-order chi connectivity index (χ0) is 22.0. The fourth-order valence-corrected chi connectivity index (χ4v) is 3.55. The third kappa shape index (κ3) is 3.94. The largest absolute Gasteiger partial charge is 0.493 e. The number of allylic oxidation sites excluding steroid dienone is 1. The Morgan fingerprint density at radius 2 is 2.00 bits per heavy atom. The molecule has 1 amide bonds. The first-order valence-corrected chi connectivity index (χ1v) is 9.76. The number of rotatable bonds is 6. The van der Waals surface area contributed by atoms with E-state index in [2.05, 4.69) is 20.7 Å². The number of nitrogens with zero attached hydrogens (tertiary/aromatic N) is 3. The molecule has 2 heterocycles. The van der Waals surface area contributed by atoms with Gasteiger partial charge in [-0.25, -0.2) is 9.07 Å². The summed E-state index contributed by atoms with van der Waals surface area (Å²) in [5.41, 5.74) is 2.35. The van der Waals surface area contributed by atoms with E-state index in [0.29, 0.717) is 41.0 Å². The number of anilines is 2. The fourth-order valence-electron chi connectivity index (χ4n) is 3.55. The SMILES string of the molecule is CCOc1ccc([C@@H]2C(C(=O)Nc3ccc(F)cc3)=C(C)Nc3ncnn32)cc1OC. The van der Waals surface area contributed by atoms with Gasteiger partial charge >= 0.3 is 0 Å². The van der Waals surface area contributed by atoms with Crippen LogP contribution in [0.5, 0.6) is 11.5 Å². The first-order chi connectivity index (χ1) is 15.0. The number of benzene rings is 2. The molecular weight excluding hydrogens is 401 g/mol. The minimum Gasteiger partial charge on any atom is -0.493 e. The van der Waals surface area contributed by atoms with Crippen molar-refractivity contribution in [2.24, 2.45) is 0 Å². The summed E-state index contributed by atoms with van der Waals surface area (Å²) >= 11 is 0. The highest BCUT2D eigenvalue weighted by atomic mass is 19.1. The number of carbonyl (C=O) groups excluding carboxylic acids is 1. The smallest absolute Gasteiger partial charge is 0.255 e. The Morgan fingerprint density at radius 1 is 1.23 bits per heavy atom. The average Bonchev–Trinajstić information content (AvgIpc) is 3.23. The predicted molar refractivity (Wildman–Crippen MR) is 114 cm³/mol. The molecule has 2 aromatic carbocycles. The molecule has 8 nitrogen and oxygen atoms in total. The van der Waals surface area contributed by atoms with Crippen LogP contribution in [-0.2, 0) is 4.79 Å². The normalized spacial score (nSPS) is 15.2. The van der Waals surface area contributed by atoms with Crippen molar-refractivity contribution in [3.63, 3.8) is 0 Å². The fraction of sp³-hybridized carbons (Fsp3) is 0.227. The van der Waals surface area contributed by atoms with Gasteiger partial charge < -0.3 is 20.1 Å². The van der Waals surface area contributed by atoms with E-state index in [4.69, 9.17) is 9.47 Å². The van der Waals surface area contributed by atoms with Gasteiger partial charge in [-0.3, -0.25) is 4.79 Å². The molecule has 0 bridgehead atoms. The number of hydrogen-bond acceptors (Lipinski definition) is 6. The van der Waals surface area contributed by atoms with E-state index in [-0.39, 0.29) is 11.7 Å². The summed E-state index contributed by atoms with van der Waals surface area (Å²) in [6, 6.07) is 10.5. The summed E-state index contributed by atoms with van der Waals surface area (Å²) in [7, 11) is 1.56. The van der Waals surface area contributed by atoms with Gasteiger partial charge in [-0.05, 0) is 55.8 Å². The number of amides is 1. The van der Waals surface area contributed by atoms with Crippen molar-refractivity contribution < 1.29 is 18.7 Å². The molecule has 1 aromatic heterocycles. The van der Waals surface area contributed by atoms with Crippen LogP contribution in [-0.4, -0.2) is 34.4 Å². The second kappa shape index (κ2) is 8.47. The van der Waals surface area contributed by atoms with Crippen molar-refractivity contribution in [2.75, 3.05) is 24.4 Å². The Kier molecular flexibility index (Phi) is 5.57. The van der Waals surface area contributed by atoms with Crippen LogP contribution in [0.25, 0.3) is 0 Å². The van der Waals surface area contributed by atoms with Crippen LogP contribution >= 0.6 is 0 Å². The van der Waals surface area contributed by atoms with Crippen LogP contribution in [0.3, 0.4) is 0 Å². The van der Waals surface area contributed by atoms with Gasteiger partial charge in [0, 0.05) is 11.4 Å². The first kappa shape index (κ1) is 20.4. The lowest BCUT2D eigenvalue weighted by atomic mass is 9.94. The molecule has 3 aromatic rings. The maximum Gasteiger partial charge on any atom is 0.255 e. The van der Waals surface area contributed by atoms with E-state index in [0.717, 1.165) is 5.56 Å².